The summed E-state index contributed by atoms with van der Waals surface area (Å²) in [6.45, 7) is 6.38. The average Bonchev–Trinajstić information content (AvgIpc) is 2.98. The van der Waals surface area contributed by atoms with E-state index in [0.29, 0.717) is 18.7 Å². The maximum atomic E-state index is 11.8. The quantitative estimate of drug-likeness (QED) is 0.703. The van der Waals surface area contributed by atoms with E-state index in [4.69, 9.17) is 4.74 Å². The van der Waals surface area contributed by atoms with Crippen molar-refractivity contribution in [3.8, 4) is 5.75 Å². The van der Waals surface area contributed by atoms with E-state index in [9.17, 15) is 4.79 Å². The van der Waals surface area contributed by atoms with Gasteiger partial charge in [0.25, 0.3) is 0 Å². The number of aromatic nitrogens is 2. The first-order chi connectivity index (χ1) is 12.1. The highest BCUT2D eigenvalue weighted by Crippen LogP contribution is 2.19. The van der Waals surface area contributed by atoms with E-state index in [2.05, 4.69) is 21.4 Å². The maximum Gasteiger partial charge on any atom is 0.246 e. The number of nitrogens with zero attached hydrogens (tertiary/aromatic N) is 2. The highest BCUT2D eigenvalue weighted by atomic mass is 16.5. The summed E-state index contributed by atoms with van der Waals surface area (Å²) >= 11 is 0. The molecule has 0 atom stereocenters. The highest BCUT2D eigenvalue weighted by molar-refractivity contribution is 5.92. The van der Waals surface area contributed by atoms with Crippen LogP contribution in [-0.4, -0.2) is 22.6 Å². The minimum atomic E-state index is -0.164. The van der Waals surface area contributed by atoms with Crippen LogP contribution in [0.4, 0.5) is 0 Å². The molecule has 0 fully saturated rings. The molecule has 5 nitrogen and oxygen atoms in total. The zero-order chi connectivity index (χ0) is 17.8. The van der Waals surface area contributed by atoms with Gasteiger partial charge in [-0.25, -0.2) is 4.98 Å². The van der Waals surface area contributed by atoms with E-state index in [1.165, 1.54) is 0 Å². The zero-order valence-corrected chi connectivity index (χ0v) is 14.5. The molecule has 1 heterocycles. The second-order valence-corrected chi connectivity index (χ2v) is 5.91. The monoisotopic (exact) mass is 335 g/mol. The van der Waals surface area contributed by atoms with Crippen molar-refractivity contribution in [1.82, 2.24) is 14.9 Å². The fourth-order valence-electron chi connectivity index (χ4n) is 2.66. The Bertz CT molecular complexity index is 910. The van der Waals surface area contributed by atoms with Crippen LogP contribution in [0.5, 0.6) is 5.75 Å². The van der Waals surface area contributed by atoms with E-state index >= 15 is 0 Å². The van der Waals surface area contributed by atoms with Gasteiger partial charge in [0.05, 0.1) is 24.7 Å². The van der Waals surface area contributed by atoms with Crippen LogP contribution in [0, 0.1) is 0 Å². The van der Waals surface area contributed by atoms with Crippen LogP contribution in [0.2, 0.25) is 0 Å². The van der Waals surface area contributed by atoms with Gasteiger partial charge in [-0.2, -0.15) is 0 Å². The van der Waals surface area contributed by atoms with Crippen molar-refractivity contribution < 1.29 is 9.53 Å². The van der Waals surface area contributed by atoms with Gasteiger partial charge >= 0.3 is 0 Å². The standard InChI is InChI=1S/C20H21N3O2/c1-14(2)20(24)21-12-19-22-17-6-4-5-7-18(17)23(19)13-15-8-10-16(25-3)11-9-15/h4-11H,1,12-13H2,2-3H3,(H,21,24). The highest BCUT2D eigenvalue weighted by Gasteiger charge is 2.12. The number of methoxy groups -OCH3 is 1. The molecule has 0 saturated heterocycles. The third-order valence-electron chi connectivity index (χ3n) is 4.03. The van der Waals surface area contributed by atoms with E-state index in [0.717, 1.165) is 28.2 Å². The van der Waals surface area contributed by atoms with Crippen LogP contribution in [0.15, 0.2) is 60.7 Å². The molecule has 5 heteroatoms. The summed E-state index contributed by atoms with van der Waals surface area (Å²) < 4.78 is 7.33. The number of fused-ring (bicyclic) bond motifs is 1. The van der Waals surface area contributed by atoms with Gasteiger partial charge in [-0.15, -0.1) is 0 Å². The lowest BCUT2D eigenvalue weighted by molar-refractivity contribution is -0.117. The number of imidazole rings is 1. The van der Waals surface area contributed by atoms with Gasteiger partial charge in [-0.1, -0.05) is 30.8 Å². The topological polar surface area (TPSA) is 56.2 Å². The third-order valence-corrected chi connectivity index (χ3v) is 4.03. The number of nitrogens with one attached hydrogen (secondary N) is 1. The van der Waals surface area contributed by atoms with Gasteiger partial charge in [0.2, 0.25) is 5.91 Å². The second-order valence-electron chi connectivity index (χ2n) is 5.91. The molecule has 1 N–H and O–H groups in total. The Labute approximate surface area is 146 Å². The van der Waals surface area contributed by atoms with Crippen molar-refractivity contribution >= 4 is 16.9 Å². The number of rotatable bonds is 6. The lowest BCUT2D eigenvalue weighted by atomic mass is 10.2. The Morgan fingerprint density at radius 3 is 2.60 bits per heavy atom. The molecule has 128 valence electrons. The summed E-state index contributed by atoms with van der Waals surface area (Å²) in [6, 6.07) is 15.9. The Morgan fingerprint density at radius 2 is 1.92 bits per heavy atom. The van der Waals surface area contributed by atoms with Gasteiger partial charge in [0.1, 0.15) is 11.6 Å². The molecule has 0 aliphatic carbocycles. The number of ether oxygens (including phenoxy) is 1. The number of carbonyl (C=O) groups excluding carboxylic acids is 1. The largest absolute Gasteiger partial charge is 0.497 e. The summed E-state index contributed by atoms with van der Waals surface area (Å²) in [5.74, 6) is 1.47. The molecule has 2 aromatic carbocycles. The molecule has 1 amide bonds. The van der Waals surface area contributed by atoms with E-state index in [1.807, 2.05) is 48.5 Å². The number of hydrogen-bond acceptors (Lipinski definition) is 3. The molecule has 0 spiro atoms. The molecular weight excluding hydrogens is 314 g/mol. The molecule has 3 aromatic rings. The van der Waals surface area contributed by atoms with E-state index in [1.54, 1.807) is 14.0 Å². The van der Waals surface area contributed by atoms with Gasteiger partial charge in [-0.05, 0) is 36.8 Å². The Kier molecular flexibility index (Phi) is 4.84. The van der Waals surface area contributed by atoms with Crippen molar-refractivity contribution in [1.29, 1.82) is 0 Å². The smallest absolute Gasteiger partial charge is 0.246 e. The molecule has 0 bridgehead atoms. The van der Waals surface area contributed by atoms with Gasteiger partial charge in [0, 0.05) is 12.1 Å². The molecule has 0 unspecified atom stereocenters. The first kappa shape index (κ1) is 16.8. The fraction of sp³-hybridized carbons (Fsp3) is 0.200. The first-order valence-corrected chi connectivity index (χ1v) is 8.09. The van der Waals surface area contributed by atoms with Gasteiger partial charge < -0.3 is 14.6 Å². The molecule has 0 radical (unpaired) electrons. The van der Waals surface area contributed by atoms with Crippen LogP contribution >= 0.6 is 0 Å². The lowest BCUT2D eigenvalue weighted by Gasteiger charge is -2.11. The number of amides is 1. The Balaban J connectivity index is 1.91. The minimum absolute atomic E-state index is 0.164. The van der Waals surface area contributed by atoms with Crippen LogP contribution in [0.1, 0.15) is 18.3 Å². The maximum absolute atomic E-state index is 11.8. The summed E-state index contributed by atoms with van der Waals surface area (Å²) in [6.07, 6.45) is 0. The van der Waals surface area contributed by atoms with Crippen molar-refractivity contribution in [2.24, 2.45) is 0 Å². The summed E-state index contributed by atoms with van der Waals surface area (Å²) in [4.78, 5) is 16.5. The average molecular weight is 335 g/mol. The van der Waals surface area contributed by atoms with Crippen LogP contribution in [0.25, 0.3) is 11.0 Å². The fourth-order valence-corrected chi connectivity index (χ4v) is 2.66. The lowest BCUT2D eigenvalue weighted by Crippen LogP contribution is -2.25. The van der Waals surface area contributed by atoms with Gasteiger partial charge in [0.15, 0.2) is 0 Å². The van der Waals surface area contributed by atoms with E-state index < -0.39 is 0 Å². The molecule has 1 aromatic heterocycles. The third kappa shape index (κ3) is 3.71. The molecule has 3 rings (SSSR count). The first-order valence-electron chi connectivity index (χ1n) is 8.09. The molecule has 0 saturated carbocycles. The molecular formula is C20H21N3O2. The zero-order valence-electron chi connectivity index (χ0n) is 14.5. The predicted octanol–water partition coefficient (Wildman–Crippen LogP) is 3.29. The normalized spacial score (nSPS) is 10.6. The molecule has 0 aliphatic rings. The summed E-state index contributed by atoms with van der Waals surface area (Å²) in [5, 5.41) is 2.86. The predicted molar refractivity (Wildman–Crippen MR) is 98.5 cm³/mol. The number of hydrogen-bond donors (Lipinski definition) is 1. The van der Waals surface area contributed by atoms with Crippen molar-refractivity contribution in [3.63, 3.8) is 0 Å². The molecule has 25 heavy (non-hydrogen) atoms. The summed E-state index contributed by atoms with van der Waals surface area (Å²) in [5.41, 5.74) is 3.57. The number of benzene rings is 2. The minimum Gasteiger partial charge on any atom is -0.497 e. The van der Waals surface area contributed by atoms with E-state index in [-0.39, 0.29) is 5.91 Å². The van der Waals surface area contributed by atoms with Crippen molar-refractivity contribution in [2.45, 2.75) is 20.0 Å². The van der Waals surface area contributed by atoms with Crippen LogP contribution < -0.4 is 10.1 Å². The molecule has 0 aliphatic heterocycles. The number of para-hydroxylation sites is 2. The summed E-state index contributed by atoms with van der Waals surface area (Å²) in [7, 11) is 1.65. The Morgan fingerprint density at radius 1 is 1.20 bits per heavy atom. The van der Waals surface area contributed by atoms with Gasteiger partial charge in [-0.3, -0.25) is 4.79 Å². The van der Waals surface area contributed by atoms with Crippen LogP contribution in [0.3, 0.4) is 0 Å². The van der Waals surface area contributed by atoms with Crippen molar-refractivity contribution in [2.75, 3.05) is 7.11 Å². The number of carbonyl (C=O) groups is 1. The van der Waals surface area contributed by atoms with Crippen molar-refractivity contribution in [3.05, 3.63) is 72.1 Å². The van der Waals surface area contributed by atoms with Crippen LogP contribution in [-0.2, 0) is 17.9 Å². The second kappa shape index (κ2) is 7.21. The Hall–Kier alpha value is -3.08. The SMILES string of the molecule is C=C(C)C(=O)NCc1nc2ccccc2n1Cc1ccc(OC)cc1.